The molecule has 2 rings (SSSR count). The molecule has 132 valence electrons. The van der Waals surface area contributed by atoms with Crippen LogP contribution in [0.2, 0.25) is 0 Å². The van der Waals surface area contributed by atoms with E-state index in [0.717, 1.165) is 11.1 Å². The van der Waals surface area contributed by atoms with E-state index in [9.17, 15) is 9.59 Å². The van der Waals surface area contributed by atoms with Gasteiger partial charge < -0.3 is 14.8 Å². The number of methoxy groups -OCH3 is 1. The van der Waals surface area contributed by atoms with Crippen molar-refractivity contribution in [2.45, 2.75) is 13.3 Å². The van der Waals surface area contributed by atoms with E-state index in [4.69, 9.17) is 9.47 Å². The minimum atomic E-state index is -0.569. The smallest absolute Gasteiger partial charge is 0.411 e. The molecule has 2 N–H and O–H groups in total. The summed E-state index contributed by atoms with van der Waals surface area (Å²) >= 11 is 0. The van der Waals surface area contributed by atoms with Crippen LogP contribution in [-0.4, -0.2) is 32.3 Å². The van der Waals surface area contributed by atoms with Gasteiger partial charge in [-0.3, -0.25) is 10.1 Å². The van der Waals surface area contributed by atoms with Crippen LogP contribution in [0, 0.1) is 6.92 Å². The average Bonchev–Trinajstić information content (AvgIpc) is 2.57. The fourth-order valence-corrected chi connectivity index (χ4v) is 2.23. The molecule has 6 nitrogen and oxygen atoms in total. The van der Waals surface area contributed by atoms with Gasteiger partial charge in [0.05, 0.1) is 13.0 Å². The van der Waals surface area contributed by atoms with Crippen LogP contribution in [0.4, 0.5) is 16.2 Å². The number of carbonyl (C=O) groups is 2. The van der Waals surface area contributed by atoms with Crippen LogP contribution in [0.3, 0.4) is 0 Å². The van der Waals surface area contributed by atoms with E-state index < -0.39 is 6.09 Å². The first-order valence-electron chi connectivity index (χ1n) is 7.95. The van der Waals surface area contributed by atoms with Gasteiger partial charge in [-0.25, -0.2) is 4.79 Å². The molecule has 2 aromatic rings. The number of rotatable bonds is 7. The van der Waals surface area contributed by atoms with Crippen LogP contribution in [0.5, 0.6) is 0 Å². The summed E-state index contributed by atoms with van der Waals surface area (Å²) in [5.74, 6) is -0.117. The predicted molar refractivity (Wildman–Crippen MR) is 96.8 cm³/mol. The van der Waals surface area contributed by atoms with Gasteiger partial charge >= 0.3 is 6.09 Å². The number of nitrogens with one attached hydrogen (secondary N) is 2. The van der Waals surface area contributed by atoms with Crippen molar-refractivity contribution in [1.29, 1.82) is 0 Å². The fourth-order valence-electron chi connectivity index (χ4n) is 2.23. The molecule has 0 fully saturated rings. The highest BCUT2D eigenvalue weighted by molar-refractivity contribution is 5.93. The quantitative estimate of drug-likeness (QED) is 0.756. The van der Waals surface area contributed by atoms with E-state index in [0.29, 0.717) is 24.4 Å². The van der Waals surface area contributed by atoms with E-state index in [1.807, 2.05) is 31.2 Å². The van der Waals surface area contributed by atoms with Crippen molar-refractivity contribution in [3.63, 3.8) is 0 Å². The molecule has 0 aliphatic heterocycles. The molecule has 0 saturated heterocycles. The standard InChI is InChI=1S/C19H22N2O4/c1-14-6-3-4-7-15(14)12-18(22)20-16-8-5-9-17(13-16)21-19(23)25-11-10-24-2/h3-9,13H,10-12H2,1-2H3,(H,20,22)(H,21,23). The lowest BCUT2D eigenvalue weighted by atomic mass is 10.1. The first-order valence-corrected chi connectivity index (χ1v) is 7.95. The first kappa shape index (κ1) is 18.5. The third-order valence-electron chi connectivity index (χ3n) is 3.53. The van der Waals surface area contributed by atoms with Gasteiger partial charge in [-0.05, 0) is 36.2 Å². The van der Waals surface area contributed by atoms with Crippen molar-refractivity contribution < 1.29 is 19.1 Å². The number of anilines is 2. The van der Waals surface area contributed by atoms with E-state index in [1.165, 1.54) is 7.11 Å². The zero-order valence-corrected chi connectivity index (χ0v) is 14.4. The Morgan fingerprint density at radius 1 is 0.960 bits per heavy atom. The molecule has 0 saturated carbocycles. The zero-order valence-electron chi connectivity index (χ0n) is 14.4. The van der Waals surface area contributed by atoms with Crippen molar-refractivity contribution in [3.05, 3.63) is 59.7 Å². The van der Waals surface area contributed by atoms with Gasteiger partial charge in [0.1, 0.15) is 6.61 Å². The fraction of sp³-hybridized carbons (Fsp3) is 0.263. The molecule has 0 unspecified atom stereocenters. The minimum Gasteiger partial charge on any atom is -0.447 e. The second kappa shape index (κ2) is 9.44. The molecule has 0 spiro atoms. The maximum atomic E-state index is 12.2. The van der Waals surface area contributed by atoms with Crippen LogP contribution in [0.1, 0.15) is 11.1 Å². The van der Waals surface area contributed by atoms with Crippen molar-refractivity contribution >= 4 is 23.4 Å². The molecular formula is C19H22N2O4. The van der Waals surface area contributed by atoms with Gasteiger partial charge in [0.25, 0.3) is 0 Å². The molecule has 0 radical (unpaired) electrons. The van der Waals surface area contributed by atoms with Crippen LogP contribution >= 0.6 is 0 Å². The van der Waals surface area contributed by atoms with Gasteiger partial charge in [-0.2, -0.15) is 0 Å². The van der Waals surface area contributed by atoms with Crippen LogP contribution in [0.25, 0.3) is 0 Å². The lowest BCUT2D eigenvalue weighted by Gasteiger charge is -2.10. The highest BCUT2D eigenvalue weighted by Crippen LogP contribution is 2.16. The van der Waals surface area contributed by atoms with Crippen molar-refractivity contribution in [2.75, 3.05) is 31.0 Å². The van der Waals surface area contributed by atoms with Gasteiger partial charge in [0, 0.05) is 18.5 Å². The zero-order chi connectivity index (χ0) is 18.1. The van der Waals surface area contributed by atoms with Crippen LogP contribution in [0.15, 0.2) is 48.5 Å². The second-order valence-corrected chi connectivity index (χ2v) is 5.49. The number of benzene rings is 2. The number of aryl methyl sites for hydroxylation is 1. The Balaban J connectivity index is 1.91. The van der Waals surface area contributed by atoms with Gasteiger partial charge in [-0.1, -0.05) is 30.3 Å². The molecule has 2 aromatic carbocycles. The average molecular weight is 342 g/mol. The summed E-state index contributed by atoms with van der Waals surface area (Å²) in [7, 11) is 1.53. The van der Waals surface area contributed by atoms with Crippen LogP contribution in [-0.2, 0) is 20.7 Å². The predicted octanol–water partition coefficient (Wildman–Crippen LogP) is 3.37. The molecular weight excluding hydrogens is 320 g/mol. The number of ether oxygens (including phenoxy) is 2. The monoisotopic (exact) mass is 342 g/mol. The molecule has 2 amide bonds. The van der Waals surface area contributed by atoms with Crippen molar-refractivity contribution in [2.24, 2.45) is 0 Å². The Morgan fingerprint density at radius 3 is 2.40 bits per heavy atom. The molecule has 0 bridgehead atoms. The van der Waals surface area contributed by atoms with Crippen LogP contribution < -0.4 is 10.6 Å². The molecule has 0 aliphatic rings. The van der Waals surface area contributed by atoms with Gasteiger partial charge in [0.2, 0.25) is 5.91 Å². The number of hydrogen-bond acceptors (Lipinski definition) is 4. The summed E-state index contributed by atoms with van der Waals surface area (Å²) in [4.78, 5) is 23.8. The largest absolute Gasteiger partial charge is 0.447 e. The summed E-state index contributed by atoms with van der Waals surface area (Å²) < 4.78 is 9.75. The van der Waals surface area contributed by atoms with E-state index in [-0.39, 0.29) is 12.5 Å². The SMILES string of the molecule is COCCOC(=O)Nc1cccc(NC(=O)Cc2ccccc2C)c1. The number of hydrogen-bond donors (Lipinski definition) is 2. The van der Waals surface area contributed by atoms with E-state index >= 15 is 0 Å². The lowest BCUT2D eigenvalue weighted by molar-refractivity contribution is -0.115. The number of amides is 2. The van der Waals surface area contributed by atoms with E-state index in [2.05, 4.69) is 10.6 Å². The molecule has 0 atom stereocenters. The van der Waals surface area contributed by atoms with Crippen molar-refractivity contribution in [3.8, 4) is 0 Å². The number of carbonyl (C=O) groups excluding carboxylic acids is 2. The third kappa shape index (κ3) is 6.27. The second-order valence-electron chi connectivity index (χ2n) is 5.49. The van der Waals surface area contributed by atoms with E-state index in [1.54, 1.807) is 24.3 Å². The molecule has 0 aliphatic carbocycles. The maximum Gasteiger partial charge on any atom is 0.411 e. The Morgan fingerprint density at radius 2 is 1.68 bits per heavy atom. The maximum absolute atomic E-state index is 12.2. The Hall–Kier alpha value is -2.86. The summed E-state index contributed by atoms with van der Waals surface area (Å²) in [6, 6.07) is 14.7. The molecule has 0 aromatic heterocycles. The summed E-state index contributed by atoms with van der Waals surface area (Å²) in [6.07, 6.45) is -0.274. The molecule has 0 heterocycles. The highest BCUT2D eigenvalue weighted by Gasteiger charge is 2.08. The first-order chi connectivity index (χ1) is 12.1. The summed E-state index contributed by atoms with van der Waals surface area (Å²) in [5.41, 5.74) is 3.20. The normalized spacial score (nSPS) is 10.2. The third-order valence-corrected chi connectivity index (χ3v) is 3.53. The van der Waals surface area contributed by atoms with Crippen molar-refractivity contribution in [1.82, 2.24) is 0 Å². The molecule has 25 heavy (non-hydrogen) atoms. The van der Waals surface area contributed by atoms with Gasteiger partial charge in [-0.15, -0.1) is 0 Å². The minimum absolute atomic E-state index is 0.117. The highest BCUT2D eigenvalue weighted by atomic mass is 16.6. The topological polar surface area (TPSA) is 76.7 Å². The molecule has 6 heteroatoms. The Bertz CT molecular complexity index is 731. The Labute approximate surface area is 147 Å². The summed E-state index contributed by atoms with van der Waals surface area (Å²) in [6.45, 7) is 2.49. The van der Waals surface area contributed by atoms with Gasteiger partial charge in [0.15, 0.2) is 0 Å². The Kier molecular flexibility index (Phi) is 6.98. The lowest BCUT2D eigenvalue weighted by Crippen LogP contribution is -2.17. The summed E-state index contributed by atoms with van der Waals surface area (Å²) in [5, 5.41) is 5.44.